The van der Waals surface area contributed by atoms with Crippen molar-refractivity contribution in [3.05, 3.63) is 65.7 Å². The van der Waals surface area contributed by atoms with Crippen LogP contribution in [-0.4, -0.2) is 42.3 Å². The first kappa shape index (κ1) is 23.5. The predicted octanol–water partition coefficient (Wildman–Crippen LogP) is 2.04. The van der Waals surface area contributed by atoms with Crippen LogP contribution in [0.1, 0.15) is 24.0 Å². The molecule has 1 atom stereocenters. The van der Waals surface area contributed by atoms with E-state index in [9.17, 15) is 14.7 Å². The molecule has 0 unspecified atom stereocenters. The van der Waals surface area contributed by atoms with Gasteiger partial charge >= 0.3 is 12.1 Å². The fourth-order valence-corrected chi connectivity index (χ4v) is 2.68. The van der Waals surface area contributed by atoms with Crippen molar-refractivity contribution in [1.82, 2.24) is 5.32 Å². The predicted molar refractivity (Wildman–Crippen MR) is 117 cm³/mol. The number of nitrogens with one attached hydrogen (secondary N) is 1. The highest BCUT2D eigenvalue weighted by Gasteiger charge is 2.21. The van der Waals surface area contributed by atoms with Crippen molar-refractivity contribution in [2.45, 2.75) is 31.9 Å². The number of hydrogen-bond acceptors (Lipinski definition) is 5. The van der Waals surface area contributed by atoms with Gasteiger partial charge in [0.2, 0.25) is 0 Å². The van der Waals surface area contributed by atoms with Gasteiger partial charge < -0.3 is 31.4 Å². The molecule has 0 heterocycles. The molecule has 1 amide bonds. The molecule has 2 aromatic rings. The van der Waals surface area contributed by atoms with Crippen molar-refractivity contribution in [3.8, 4) is 5.75 Å². The molecule has 0 saturated carbocycles. The van der Waals surface area contributed by atoms with Crippen molar-refractivity contribution in [2.24, 2.45) is 16.5 Å². The van der Waals surface area contributed by atoms with Gasteiger partial charge in [0.25, 0.3) is 0 Å². The van der Waals surface area contributed by atoms with Gasteiger partial charge in [-0.25, -0.2) is 9.59 Å². The van der Waals surface area contributed by atoms with E-state index in [-0.39, 0.29) is 19.0 Å². The summed E-state index contributed by atoms with van der Waals surface area (Å²) in [5.74, 6) is -0.388. The van der Waals surface area contributed by atoms with Crippen LogP contribution in [0.15, 0.2) is 59.6 Å². The van der Waals surface area contributed by atoms with E-state index < -0.39 is 18.1 Å². The smallest absolute Gasteiger partial charge is 0.408 e. The second kappa shape index (κ2) is 12.7. The topological polar surface area (TPSA) is 149 Å². The Kier molecular flexibility index (Phi) is 9.67. The van der Waals surface area contributed by atoms with Gasteiger partial charge in [-0.3, -0.25) is 4.99 Å². The van der Waals surface area contributed by atoms with Gasteiger partial charge in [-0.15, -0.1) is 0 Å². The summed E-state index contributed by atoms with van der Waals surface area (Å²) in [6.45, 7) is 1.14. The number of nitrogens with two attached hydrogens (primary N) is 2. The second-order valence-corrected chi connectivity index (χ2v) is 6.81. The maximum Gasteiger partial charge on any atom is 0.408 e. The molecule has 0 aromatic heterocycles. The van der Waals surface area contributed by atoms with Crippen LogP contribution in [0.25, 0.3) is 0 Å². The number of aliphatic carboxylic acids is 1. The van der Waals surface area contributed by atoms with E-state index in [1.54, 1.807) is 24.3 Å². The number of hydrogen-bond donors (Lipinski definition) is 4. The van der Waals surface area contributed by atoms with Crippen molar-refractivity contribution in [2.75, 3.05) is 13.2 Å². The summed E-state index contributed by atoms with van der Waals surface area (Å²) >= 11 is 0. The maximum atomic E-state index is 12.0. The first-order valence-electron chi connectivity index (χ1n) is 9.91. The largest absolute Gasteiger partial charge is 0.494 e. The Labute approximate surface area is 181 Å². The van der Waals surface area contributed by atoms with Crippen molar-refractivity contribution < 1.29 is 24.2 Å². The zero-order valence-electron chi connectivity index (χ0n) is 17.2. The first-order valence-corrected chi connectivity index (χ1v) is 9.91. The number of carboxylic acids is 1. The molecule has 9 heteroatoms. The molecule has 166 valence electrons. The van der Waals surface area contributed by atoms with Gasteiger partial charge in [-0.2, -0.15) is 0 Å². The monoisotopic (exact) mass is 428 g/mol. The Balaban J connectivity index is 1.77. The van der Waals surface area contributed by atoms with Gasteiger partial charge in [0.05, 0.1) is 6.61 Å². The molecule has 0 radical (unpaired) electrons. The van der Waals surface area contributed by atoms with Gasteiger partial charge in [-0.05, 0) is 36.1 Å². The fourth-order valence-electron chi connectivity index (χ4n) is 2.68. The van der Waals surface area contributed by atoms with Crippen LogP contribution in [0.4, 0.5) is 4.79 Å². The first-order chi connectivity index (χ1) is 14.9. The van der Waals surface area contributed by atoms with Crippen molar-refractivity contribution in [3.63, 3.8) is 0 Å². The average Bonchev–Trinajstić information content (AvgIpc) is 2.75. The van der Waals surface area contributed by atoms with Gasteiger partial charge in [0.15, 0.2) is 5.96 Å². The summed E-state index contributed by atoms with van der Waals surface area (Å²) in [6, 6.07) is 15.1. The highest BCUT2D eigenvalue weighted by molar-refractivity contribution is 5.80. The molecule has 2 rings (SSSR count). The number of nitrogens with zero attached hydrogens (tertiary/aromatic N) is 1. The minimum absolute atomic E-state index is 0.0665. The van der Waals surface area contributed by atoms with Crippen LogP contribution in [0.2, 0.25) is 0 Å². The molecule has 0 aliphatic rings. The lowest BCUT2D eigenvalue weighted by Gasteiger charge is -2.15. The van der Waals surface area contributed by atoms with E-state index >= 15 is 0 Å². The third-order valence-electron chi connectivity index (χ3n) is 4.28. The fraction of sp³-hybridized carbons (Fsp3) is 0.318. The number of ether oxygens (including phenoxy) is 2. The number of unbranched alkanes of at least 4 members (excludes halogenated alkanes) is 1. The number of rotatable bonds is 12. The van der Waals surface area contributed by atoms with E-state index in [0.717, 1.165) is 24.0 Å². The number of benzene rings is 2. The number of carboxylic acid groups (broad SMARTS) is 1. The minimum Gasteiger partial charge on any atom is -0.494 e. The second-order valence-electron chi connectivity index (χ2n) is 6.81. The molecular weight excluding hydrogens is 400 g/mol. The number of carbonyl (C=O) groups is 2. The summed E-state index contributed by atoms with van der Waals surface area (Å²) in [5, 5.41) is 11.8. The Bertz CT molecular complexity index is 852. The number of amides is 1. The number of guanidine groups is 1. The van der Waals surface area contributed by atoms with Gasteiger partial charge in [0, 0.05) is 13.0 Å². The minimum atomic E-state index is -1.14. The number of aliphatic imine (C=N–C) groups is 1. The summed E-state index contributed by atoms with van der Waals surface area (Å²) in [6.07, 6.45) is 0.947. The third kappa shape index (κ3) is 9.53. The molecule has 0 aliphatic heterocycles. The number of alkyl carbamates (subject to hydrolysis) is 1. The van der Waals surface area contributed by atoms with Crippen LogP contribution >= 0.6 is 0 Å². The lowest BCUT2D eigenvalue weighted by Crippen LogP contribution is -2.42. The van der Waals surface area contributed by atoms with E-state index in [4.69, 9.17) is 20.9 Å². The molecule has 0 fully saturated rings. The van der Waals surface area contributed by atoms with Crippen LogP contribution in [-0.2, 0) is 22.6 Å². The zero-order chi connectivity index (χ0) is 22.5. The Hall–Kier alpha value is -3.75. The third-order valence-corrected chi connectivity index (χ3v) is 4.28. The lowest BCUT2D eigenvalue weighted by atomic mass is 10.1. The molecule has 6 N–H and O–H groups in total. The van der Waals surface area contributed by atoms with E-state index in [2.05, 4.69) is 10.3 Å². The highest BCUT2D eigenvalue weighted by Crippen LogP contribution is 2.14. The summed E-state index contributed by atoms with van der Waals surface area (Å²) in [7, 11) is 0. The Morgan fingerprint density at radius 1 is 1.00 bits per heavy atom. The summed E-state index contributed by atoms with van der Waals surface area (Å²) in [5.41, 5.74) is 12.1. The van der Waals surface area contributed by atoms with Crippen LogP contribution < -0.4 is 21.5 Å². The molecule has 2 aromatic carbocycles. The molecule has 0 aliphatic carbocycles. The highest BCUT2D eigenvalue weighted by atomic mass is 16.5. The SMILES string of the molecule is NC(N)=NCCCCOc1ccc(C[C@H](NC(=O)OCc2ccccc2)C(=O)O)cc1. The van der Waals surface area contributed by atoms with Crippen molar-refractivity contribution >= 4 is 18.0 Å². The molecular formula is C22H28N4O5. The summed E-state index contributed by atoms with van der Waals surface area (Å²) in [4.78, 5) is 27.4. The number of carbonyl (C=O) groups excluding carboxylic acids is 1. The van der Waals surface area contributed by atoms with Gasteiger partial charge in [-0.1, -0.05) is 42.5 Å². The standard InChI is InChI=1S/C22H28N4O5/c23-21(24)25-12-4-5-13-30-18-10-8-16(9-11-18)14-19(20(27)28)26-22(29)31-15-17-6-2-1-3-7-17/h1-3,6-11,19H,4-5,12-15H2,(H,26,29)(H,27,28)(H4,23,24,25)/t19-/m0/s1. The quantitative estimate of drug-likeness (QED) is 0.229. The van der Waals surface area contributed by atoms with Gasteiger partial charge in [0.1, 0.15) is 18.4 Å². The van der Waals surface area contributed by atoms with E-state index in [1.807, 2.05) is 30.3 Å². The molecule has 31 heavy (non-hydrogen) atoms. The molecule has 0 bridgehead atoms. The van der Waals surface area contributed by atoms with E-state index in [1.165, 1.54) is 0 Å². The summed E-state index contributed by atoms with van der Waals surface area (Å²) < 4.78 is 10.7. The van der Waals surface area contributed by atoms with Crippen LogP contribution in [0.3, 0.4) is 0 Å². The van der Waals surface area contributed by atoms with Crippen LogP contribution in [0.5, 0.6) is 5.75 Å². The Morgan fingerprint density at radius 2 is 1.71 bits per heavy atom. The maximum absolute atomic E-state index is 12.0. The Morgan fingerprint density at radius 3 is 2.35 bits per heavy atom. The van der Waals surface area contributed by atoms with Crippen LogP contribution in [0, 0.1) is 0 Å². The molecule has 9 nitrogen and oxygen atoms in total. The van der Waals surface area contributed by atoms with Crippen molar-refractivity contribution in [1.29, 1.82) is 0 Å². The molecule has 0 spiro atoms. The van der Waals surface area contributed by atoms with E-state index in [0.29, 0.717) is 18.9 Å². The normalized spacial score (nSPS) is 11.2. The molecule has 0 saturated heterocycles. The zero-order valence-corrected chi connectivity index (χ0v) is 17.2. The average molecular weight is 428 g/mol. The lowest BCUT2D eigenvalue weighted by molar-refractivity contribution is -0.139.